The molecule has 0 aromatic carbocycles. The first-order chi connectivity index (χ1) is 14.1. The van der Waals surface area contributed by atoms with E-state index in [1.165, 1.54) is 0 Å². The van der Waals surface area contributed by atoms with Crippen molar-refractivity contribution in [3.8, 4) is 0 Å². The number of sulfonamides is 1. The summed E-state index contributed by atoms with van der Waals surface area (Å²) in [6.45, 7) is 5.69. The number of piperidine rings is 1. The van der Waals surface area contributed by atoms with Crippen LogP contribution in [0.15, 0.2) is 24.5 Å². The molecule has 1 aromatic rings. The first kappa shape index (κ1) is 21.4. The molecule has 4 rings (SSSR count). The molecule has 2 atom stereocenters. The van der Waals surface area contributed by atoms with Crippen LogP contribution >= 0.6 is 0 Å². The Bertz CT molecular complexity index is 923. The average Bonchev–Trinajstić information content (AvgIpc) is 3.07. The molecule has 7 nitrogen and oxygen atoms in total. The van der Waals surface area contributed by atoms with Crippen molar-refractivity contribution < 1.29 is 18.0 Å². The number of hydrogen-bond donors (Lipinski definition) is 1. The third kappa shape index (κ3) is 3.68. The van der Waals surface area contributed by atoms with Crippen molar-refractivity contribution in [1.82, 2.24) is 14.6 Å². The maximum Gasteiger partial charge on any atom is 0.255 e. The fourth-order valence-corrected chi connectivity index (χ4v) is 7.66. The lowest BCUT2D eigenvalue weighted by molar-refractivity contribution is -0.128. The van der Waals surface area contributed by atoms with Crippen LogP contribution in [0.5, 0.6) is 0 Å². The Morgan fingerprint density at radius 2 is 2.00 bits per heavy atom. The number of aromatic nitrogens is 1. The predicted molar refractivity (Wildman–Crippen MR) is 113 cm³/mol. The lowest BCUT2D eigenvalue weighted by atomic mass is 9.70. The van der Waals surface area contributed by atoms with Crippen LogP contribution in [0.4, 0.5) is 0 Å². The van der Waals surface area contributed by atoms with Gasteiger partial charge in [-0.3, -0.25) is 14.6 Å². The number of carbonyl (C=O) groups is 2. The van der Waals surface area contributed by atoms with Gasteiger partial charge in [0.1, 0.15) is 5.78 Å². The van der Waals surface area contributed by atoms with Crippen molar-refractivity contribution in [2.75, 3.05) is 25.4 Å². The van der Waals surface area contributed by atoms with Crippen molar-refractivity contribution >= 4 is 21.7 Å². The highest BCUT2D eigenvalue weighted by Crippen LogP contribution is 2.64. The molecule has 2 bridgehead atoms. The molecule has 3 aliphatic rings. The second-order valence-corrected chi connectivity index (χ2v) is 11.6. The van der Waals surface area contributed by atoms with Gasteiger partial charge in [-0.2, -0.15) is 0 Å². The van der Waals surface area contributed by atoms with E-state index in [0.717, 1.165) is 19.3 Å². The third-order valence-electron chi connectivity index (χ3n) is 7.98. The molecule has 2 heterocycles. The summed E-state index contributed by atoms with van der Waals surface area (Å²) in [5.74, 6) is 0.497. The van der Waals surface area contributed by atoms with E-state index in [1.54, 1.807) is 29.4 Å². The molecule has 30 heavy (non-hydrogen) atoms. The topological polar surface area (TPSA) is 96.4 Å². The van der Waals surface area contributed by atoms with Crippen LogP contribution in [-0.4, -0.2) is 55.4 Å². The van der Waals surface area contributed by atoms with Crippen LogP contribution in [0.2, 0.25) is 0 Å². The number of ketones is 1. The van der Waals surface area contributed by atoms with Gasteiger partial charge in [-0.1, -0.05) is 13.8 Å². The zero-order valence-corrected chi connectivity index (χ0v) is 18.6. The summed E-state index contributed by atoms with van der Waals surface area (Å²) in [5.41, 5.74) is -0.408. The first-order valence-corrected chi connectivity index (χ1v) is 12.5. The number of carbonyl (C=O) groups excluding carboxylic acids is 2. The maximum atomic E-state index is 12.9. The Labute approximate surface area is 178 Å². The number of Topliss-reactive ketones (excluding diaryl/α,β-unsaturated/α-hetero) is 1. The van der Waals surface area contributed by atoms with E-state index in [-0.39, 0.29) is 28.8 Å². The Hall–Kier alpha value is -1.80. The number of nitrogens with one attached hydrogen (secondary N) is 1. The summed E-state index contributed by atoms with van der Waals surface area (Å²) in [4.78, 5) is 31.0. The van der Waals surface area contributed by atoms with Gasteiger partial charge < -0.3 is 4.90 Å². The van der Waals surface area contributed by atoms with Crippen LogP contribution in [0, 0.1) is 22.7 Å². The molecule has 8 heteroatoms. The van der Waals surface area contributed by atoms with Gasteiger partial charge in [0, 0.05) is 43.9 Å². The molecule has 2 aliphatic carbocycles. The van der Waals surface area contributed by atoms with Gasteiger partial charge in [-0.25, -0.2) is 13.1 Å². The average molecular weight is 434 g/mol. The smallest absolute Gasteiger partial charge is 0.255 e. The van der Waals surface area contributed by atoms with Crippen LogP contribution in [0.25, 0.3) is 0 Å². The number of likely N-dealkylation sites (tertiary alicyclic amines) is 1. The highest BCUT2D eigenvalue weighted by atomic mass is 32.2. The maximum absolute atomic E-state index is 12.9. The fraction of sp³-hybridized carbons (Fsp3) is 0.682. The van der Waals surface area contributed by atoms with Crippen molar-refractivity contribution in [2.24, 2.45) is 22.7 Å². The predicted octanol–water partition coefficient (Wildman–Crippen LogP) is 2.25. The molecule has 3 fully saturated rings. The molecule has 2 unspecified atom stereocenters. The first-order valence-electron chi connectivity index (χ1n) is 10.8. The van der Waals surface area contributed by atoms with Crippen LogP contribution in [-0.2, 0) is 14.8 Å². The zero-order chi connectivity index (χ0) is 21.6. The summed E-state index contributed by atoms with van der Waals surface area (Å²) < 4.78 is 28.5. The van der Waals surface area contributed by atoms with Crippen LogP contribution in [0.3, 0.4) is 0 Å². The van der Waals surface area contributed by atoms with Gasteiger partial charge in [0.05, 0.1) is 11.3 Å². The number of hydrogen-bond acceptors (Lipinski definition) is 5. The second-order valence-electron chi connectivity index (χ2n) is 9.75. The lowest BCUT2D eigenvalue weighted by Gasteiger charge is -2.36. The number of rotatable bonds is 6. The van der Waals surface area contributed by atoms with Gasteiger partial charge >= 0.3 is 0 Å². The number of amides is 1. The van der Waals surface area contributed by atoms with Gasteiger partial charge in [-0.15, -0.1) is 0 Å². The SMILES string of the molecule is CC1(C)C2CCC1(CS(=O)(=O)NCC1CCN(C(=O)c3cccnc3)CC1)C(=O)C2. The standard InChI is InChI=1S/C22H31N3O4S/c1-21(2)18-5-8-22(21,19(26)12-18)15-30(28,29)24-13-16-6-10-25(11-7-16)20(27)17-4-3-9-23-14-17/h3-4,9,14,16,18,24H,5-8,10-13,15H2,1-2H3. The summed E-state index contributed by atoms with van der Waals surface area (Å²) >= 11 is 0. The molecule has 0 radical (unpaired) electrons. The van der Waals surface area contributed by atoms with E-state index in [2.05, 4.69) is 23.6 Å². The normalized spacial score (nSPS) is 28.8. The van der Waals surface area contributed by atoms with Crippen molar-refractivity contribution in [1.29, 1.82) is 0 Å². The molecular weight excluding hydrogens is 402 g/mol. The minimum Gasteiger partial charge on any atom is -0.339 e. The summed E-state index contributed by atoms with van der Waals surface area (Å²) in [7, 11) is -3.54. The summed E-state index contributed by atoms with van der Waals surface area (Å²) in [6.07, 6.45) is 6.86. The van der Waals surface area contributed by atoms with E-state index >= 15 is 0 Å². The van der Waals surface area contributed by atoms with Gasteiger partial charge in [0.2, 0.25) is 10.0 Å². The van der Waals surface area contributed by atoms with Crippen molar-refractivity contribution in [3.63, 3.8) is 0 Å². The second kappa shape index (κ2) is 7.71. The van der Waals surface area contributed by atoms with Gasteiger partial charge in [-0.05, 0) is 55.1 Å². The molecule has 1 amide bonds. The summed E-state index contributed by atoms with van der Waals surface area (Å²) in [6, 6.07) is 3.51. The van der Waals surface area contributed by atoms with E-state index in [4.69, 9.17) is 0 Å². The number of nitrogens with zero attached hydrogens (tertiary/aromatic N) is 2. The quantitative estimate of drug-likeness (QED) is 0.742. The van der Waals surface area contributed by atoms with E-state index in [0.29, 0.717) is 44.0 Å². The molecule has 1 saturated heterocycles. The highest BCUT2D eigenvalue weighted by Gasteiger charge is 2.65. The Balaban J connectivity index is 1.30. The van der Waals surface area contributed by atoms with Crippen molar-refractivity contribution in [3.05, 3.63) is 30.1 Å². The van der Waals surface area contributed by atoms with Gasteiger partial charge in [0.25, 0.3) is 5.91 Å². The minimum atomic E-state index is -3.54. The van der Waals surface area contributed by atoms with Crippen molar-refractivity contribution in [2.45, 2.75) is 46.0 Å². The fourth-order valence-electron chi connectivity index (χ4n) is 5.74. The zero-order valence-electron chi connectivity index (χ0n) is 17.8. The molecule has 0 spiro atoms. The monoisotopic (exact) mass is 433 g/mol. The molecule has 1 aliphatic heterocycles. The largest absolute Gasteiger partial charge is 0.339 e. The van der Waals surface area contributed by atoms with Crippen LogP contribution < -0.4 is 4.72 Å². The minimum absolute atomic E-state index is 0.0287. The molecule has 2 saturated carbocycles. The van der Waals surface area contributed by atoms with E-state index < -0.39 is 15.4 Å². The molecule has 164 valence electrons. The van der Waals surface area contributed by atoms with Gasteiger partial charge in [0.15, 0.2) is 0 Å². The van der Waals surface area contributed by atoms with E-state index in [9.17, 15) is 18.0 Å². The van der Waals surface area contributed by atoms with E-state index in [1.807, 2.05) is 0 Å². The number of fused-ring (bicyclic) bond motifs is 2. The van der Waals surface area contributed by atoms with Crippen LogP contribution in [0.1, 0.15) is 56.3 Å². The summed E-state index contributed by atoms with van der Waals surface area (Å²) in [5, 5.41) is 0. The third-order valence-corrected chi connectivity index (χ3v) is 9.46. The molecular formula is C22H31N3O4S. The molecule has 1 N–H and O–H groups in total. The molecule has 1 aromatic heterocycles. The highest BCUT2D eigenvalue weighted by molar-refractivity contribution is 7.89. The Morgan fingerprint density at radius 1 is 1.27 bits per heavy atom. The lowest BCUT2D eigenvalue weighted by Crippen LogP contribution is -2.47. The number of pyridine rings is 1. The Morgan fingerprint density at radius 3 is 2.57 bits per heavy atom. The Kier molecular flexibility index (Phi) is 5.51.